The molecule has 2 aromatic carbocycles. The summed E-state index contributed by atoms with van der Waals surface area (Å²) in [5.74, 6) is 1.25. The second-order valence-corrected chi connectivity index (χ2v) is 7.96. The molecule has 1 aliphatic rings. The minimum Gasteiger partial charge on any atom is -0.487 e. The van der Waals surface area contributed by atoms with Crippen LogP contribution in [-0.4, -0.2) is 32.6 Å². The number of hydrogen-bond donors (Lipinski definition) is 2. The number of ether oxygens (including phenoxy) is 1. The second kappa shape index (κ2) is 8.59. The number of halogens is 2. The fourth-order valence-electron chi connectivity index (χ4n) is 3.81. The molecular formula is C23H18ClFN4O4. The summed E-state index contributed by atoms with van der Waals surface area (Å²) >= 11 is 6.40. The molecule has 2 N–H and O–H groups in total. The van der Waals surface area contributed by atoms with E-state index < -0.39 is 6.09 Å². The maximum atomic E-state index is 13.3. The van der Waals surface area contributed by atoms with Crippen LogP contribution >= 0.6 is 11.6 Å². The number of aromatic nitrogens is 2. The molecule has 0 atom stereocenters. The van der Waals surface area contributed by atoms with Gasteiger partial charge < -0.3 is 24.5 Å². The lowest BCUT2D eigenvalue weighted by atomic mass is 10.0. The predicted molar refractivity (Wildman–Crippen MR) is 119 cm³/mol. The Bertz CT molecular complexity index is 1360. The molecule has 2 aromatic heterocycles. The maximum Gasteiger partial charge on any atom is 0.407 e. The third-order valence-corrected chi connectivity index (χ3v) is 5.68. The summed E-state index contributed by atoms with van der Waals surface area (Å²) in [5.41, 5.74) is 2.66. The summed E-state index contributed by atoms with van der Waals surface area (Å²) in [6.45, 7) is 0.726. The minimum absolute atomic E-state index is 0.170. The topological polar surface area (TPSA) is 101 Å². The molecule has 0 fully saturated rings. The molecule has 8 nitrogen and oxygen atoms in total. The number of anilines is 2. The number of rotatable bonds is 5. The van der Waals surface area contributed by atoms with Crippen molar-refractivity contribution in [1.82, 2.24) is 14.9 Å². The third-order valence-electron chi connectivity index (χ3n) is 5.39. The number of hydrogen-bond acceptors (Lipinski definition) is 6. The van der Waals surface area contributed by atoms with E-state index in [1.54, 1.807) is 30.3 Å². The summed E-state index contributed by atoms with van der Waals surface area (Å²) < 4.78 is 24.9. The summed E-state index contributed by atoms with van der Waals surface area (Å²) in [7, 11) is 0. The van der Waals surface area contributed by atoms with Gasteiger partial charge >= 0.3 is 6.09 Å². The first-order chi connectivity index (χ1) is 16.0. The van der Waals surface area contributed by atoms with Crippen molar-refractivity contribution in [2.45, 2.75) is 19.6 Å². The molecule has 0 unspecified atom stereocenters. The highest BCUT2D eigenvalue weighted by atomic mass is 35.5. The van der Waals surface area contributed by atoms with Crippen molar-refractivity contribution >= 4 is 40.3 Å². The number of fused-ring (bicyclic) bond motifs is 3. The van der Waals surface area contributed by atoms with Crippen LogP contribution < -0.4 is 10.1 Å². The molecule has 0 saturated heterocycles. The van der Waals surface area contributed by atoms with E-state index in [9.17, 15) is 14.3 Å². The van der Waals surface area contributed by atoms with E-state index in [0.29, 0.717) is 52.3 Å². The summed E-state index contributed by atoms with van der Waals surface area (Å²) in [6.07, 6.45) is 0.900. The van der Waals surface area contributed by atoms with E-state index in [0.717, 1.165) is 10.9 Å². The zero-order chi connectivity index (χ0) is 22.9. The van der Waals surface area contributed by atoms with Crippen molar-refractivity contribution in [3.63, 3.8) is 0 Å². The van der Waals surface area contributed by atoms with Gasteiger partial charge in [0, 0.05) is 17.8 Å². The van der Waals surface area contributed by atoms with Gasteiger partial charge in [0.2, 0.25) is 5.71 Å². The molecule has 0 aliphatic carbocycles. The average molecular weight is 469 g/mol. The molecule has 168 valence electrons. The van der Waals surface area contributed by atoms with E-state index in [4.69, 9.17) is 20.8 Å². The van der Waals surface area contributed by atoms with Crippen molar-refractivity contribution in [1.29, 1.82) is 0 Å². The van der Waals surface area contributed by atoms with Crippen LogP contribution in [0.1, 0.15) is 16.9 Å². The fourth-order valence-corrected chi connectivity index (χ4v) is 4.04. The molecule has 0 saturated carbocycles. The van der Waals surface area contributed by atoms with Gasteiger partial charge in [-0.05, 0) is 42.3 Å². The molecule has 33 heavy (non-hydrogen) atoms. The molecule has 0 bridgehead atoms. The minimum atomic E-state index is -0.986. The van der Waals surface area contributed by atoms with Gasteiger partial charge in [-0.3, -0.25) is 0 Å². The van der Waals surface area contributed by atoms with Gasteiger partial charge in [-0.1, -0.05) is 23.7 Å². The fraction of sp³-hybridized carbons (Fsp3) is 0.174. The largest absolute Gasteiger partial charge is 0.487 e. The normalized spacial score (nSPS) is 13.1. The van der Waals surface area contributed by atoms with Crippen LogP contribution in [0, 0.1) is 5.82 Å². The Morgan fingerprint density at radius 1 is 1.27 bits per heavy atom. The molecule has 5 rings (SSSR count). The van der Waals surface area contributed by atoms with E-state index in [-0.39, 0.29) is 19.0 Å². The second-order valence-electron chi connectivity index (χ2n) is 7.55. The Balaban J connectivity index is 1.36. The lowest BCUT2D eigenvalue weighted by Gasteiger charge is -2.22. The summed E-state index contributed by atoms with van der Waals surface area (Å²) in [4.78, 5) is 21.1. The average Bonchev–Trinajstić information content (AvgIpc) is 3.17. The van der Waals surface area contributed by atoms with Crippen LogP contribution in [0.15, 0.2) is 53.2 Å². The van der Waals surface area contributed by atoms with Gasteiger partial charge in [-0.2, -0.15) is 0 Å². The highest BCUT2D eigenvalue weighted by molar-refractivity contribution is 6.32. The van der Waals surface area contributed by atoms with Crippen LogP contribution in [0.2, 0.25) is 5.02 Å². The Morgan fingerprint density at radius 2 is 2.15 bits per heavy atom. The number of benzene rings is 2. The molecule has 1 amide bonds. The maximum absolute atomic E-state index is 13.3. The lowest BCUT2D eigenvalue weighted by Crippen LogP contribution is -2.34. The number of nitrogens with one attached hydrogen (secondary N) is 1. The Labute approximate surface area is 192 Å². The van der Waals surface area contributed by atoms with Gasteiger partial charge in [-0.15, -0.1) is 0 Å². The summed E-state index contributed by atoms with van der Waals surface area (Å²) in [6, 6.07) is 11.4. The van der Waals surface area contributed by atoms with Gasteiger partial charge in [0.15, 0.2) is 0 Å². The van der Waals surface area contributed by atoms with Crippen molar-refractivity contribution in [2.24, 2.45) is 0 Å². The molecule has 0 spiro atoms. The smallest absolute Gasteiger partial charge is 0.407 e. The van der Waals surface area contributed by atoms with Crippen molar-refractivity contribution in [3.8, 4) is 5.75 Å². The van der Waals surface area contributed by atoms with Gasteiger partial charge in [-0.25, -0.2) is 19.2 Å². The lowest BCUT2D eigenvalue weighted by molar-refractivity contribution is 0.135. The van der Waals surface area contributed by atoms with E-state index in [1.165, 1.54) is 23.4 Å². The molecule has 10 heteroatoms. The van der Waals surface area contributed by atoms with Crippen LogP contribution in [0.3, 0.4) is 0 Å². The Hall–Kier alpha value is -3.85. The highest BCUT2D eigenvalue weighted by Gasteiger charge is 2.27. The number of furan rings is 1. The number of amides is 1. The standard InChI is InChI=1S/C23H18ClFN4O4/c24-17-9-15(4-5-18(17)32-11-13-2-1-3-14(25)8-13)28-21-20-16-6-7-29(23(30)31)10-19(16)33-22(20)27-12-26-21/h1-5,8-9,12H,6-7,10-11H2,(H,30,31)(H,26,27,28). The van der Waals surface area contributed by atoms with E-state index in [2.05, 4.69) is 15.3 Å². The van der Waals surface area contributed by atoms with Crippen LogP contribution in [0.4, 0.5) is 20.7 Å². The van der Waals surface area contributed by atoms with Gasteiger partial charge in [0.25, 0.3) is 0 Å². The predicted octanol–water partition coefficient (Wildman–Crippen LogP) is 5.37. The molecule has 1 aliphatic heterocycles. The third kappa shape index (κ3) is 4.27. The van der Waals surface area contributed by atoms with Gasteiger partial charge in [0.1, 0.15) is 36.1 Å². The van der Waals surface area contributed by atoms with Crippen molar-refractivity contribution < 1.29 is 23.4 Å². The SMILES string of the molecule is O=C(O)N1CCc2c(oc3ncnc(Nc4ccc(OCc5cccc(F)c5)c(Cl)c4)c23)C1. The monoisotopic (exact) mass is 468 g/mol. The zero-order valence-corrected chi connectivity index (χ0v) is 18.0. The van der Waals surface area contributed by atoms with E-state index in [1.807, 2.05) is 0 Å². The number of carboxylic acid groups (broad SMARTS) is 1. The Morgan fingerprint density at radius 3 is 2.94 bits per heavy atom. The van der Waals surface area contributed by atoms with Crippen LogP contribution in [-0.2, 0) is 19.6 Å². The molecular weight excluding hydrogens is 451 g/mol. The zero-order valence-electron chi connectivity index (χ0n) is 17.2. The van der Waals surface area contributed by atoms with Crippen LogP contribution in [0.25, 0.3) is 11.1 Å². The summed E-state index contributed by atoms with van der Waals surface area (Å²) in [5, 5.41) is 13.6. The van der Waals surface area contributed by atoms with Crippen molar-refractivity contribution in [3.05, 3.63) is 76.5 Å². The molecule has 0 radical (unpaired) electrons. The van der Waals surface area contributed by atoms with Crippen molar-refractivity contribution in [2.75, 3.05) is 11.9 Å². The van der Waals surface area contributed by atoms with E-state index >= 15 is 0 Å². The quantitative estimate of drug-likeness (QED) is 0.406. The highest BCUT2D eigenvalue weighted by Crippen LogP contribution is 2.35. The first-order valence-electron chi connectivity index (χ1n) is 10.1. The molecule has 3 heterocycles. The Kier molecular flexibility index (Phi) is 5.47. The van der Waals surface area contributed by atoms with Gasteiger partial charge in [0.05, 0.1) is 17.0 Å². The number of nitrogens with zero attached hydrogens (tertiary/aromatic N) is 3. The first kappa shape index (κ1) is 21.0. The van der Waals surface area contributed by atoms with Crippen LogP contribution in [0.5, 0.6) is 5.75 Å². The molecule has 4 aromatic rings. The first-order valence-corrected chi connectivity index (χ1v) is 10.5. The number of carbonyl (C=O) groups is 1.